The van der Waals surface area contributed by atoms with Crippen LogP contribution in [0.5, 0.6) is 5.75 Å². The van der Waals surface area contributed by atoms with E-state index in [4.69, 9.17) is 9.84 Å². The highest BCUT2D eigenvalue weighted by Gasteiger charge is 2.11. The lowest BCUT2D eigenvalue weighted by Gasteiger charge is -1.99. The molecule has 3 N–H and O–H groups in total. The molecule has 3 rings (SSSR count). The summed E-state index contributed by atoms with van der Waals surface area (Å²) in [5, 5.41) is 8.65. The summed E-state index contributed by atoms with van der Waals surface area (Å²) in [6.07, 6.45) is 11.5. The number of methoxy groups -OCH3 is 1. The van der Waals surface area contributed by atoms with Crippen LogP contribution in [0, 0.1) is 0 Å². The number of allylic oxidation sites excluding steroid dienone is 2. The standard InChI is InChI=1S/C20H23N3O3/c1-26-19-13-17(16-7-5-11-21-16)23-18(19)12-15-10-9-14(22-15)6-3-2-4-8-20(24)25/h5,7,9-13,21,23H,2-4,6,8H2,1H3,(H,24,25)/b15-12-. The molecule has 2 aromatic heterocycles. The summed E-state index contributed by atoms with van der Waals surface area (Å²) in [5.74, 6) is 0.0414. The first-order valence-electron chi connectivity index (χ1n) is 8.75. The second-order valence-electron chi connectivity index (χ2n) is 6.21. The molecule has 0 aliphatic carbocycles. The van der Waals surface area contributed by atoms with Gasteiger partial charge in [-0.1, -0.05) is 6.42 Å². The topological polar surface area (TPSA) is 90.5 Å². The highest BCUT2D eigenvalue weighted by Crippen LogP contribution is 2.29. The SMILES string of the molecule is COc1cc(-c2ccc[nH]2)[nH]c1/C=C1/C=CC(CCCCCC(=O)O)=N1. The van der Waals surface area contributed by atoms with Crippen LogP contribution in [0.25, 0.3) is 17.5 Å². The van der Waals surface area contributed by atoms with Crippen LogP contribution in [0.3, 0.4) is 0 Å². The van der Waals surface area contributed by atoms with Gasteiger partial charge in [0, 0.05) is 24.4 Å². The number of nitrogens with zero attached hydrogens (tertiary/aromatic N) is 1. The molecule has 0 spiro atoms. The lowest BCUT2D eigenvalue weighted by molar-refractivity contribution is -0.137. The van der Waals surface area contributed by atoms with Crippen LogP contribution < -0.4 is 4.74 Å². The van der Waals surface area contributed by atoms with E-state index in [9.17, 15) is 4.79 Å². The highest BCUT2D eigenvalue weighted by molar-refractivity contribution is 5.99. The highest BCUT2D eigenvalue weighted by atomic mass is 16.5. The number of aromatic amines is 2. The third-order valence-electron chi connectivity index (χ3n) is 4.25. The van der Waals surface area contributed by atoms with Gasteiger partial charge in [0.15, 0.2) is 0 Å². The number of rotatable bonds is 9. The number of carboxylic acid groups (broad SMARTS) is 1. The van der Waals surface area contributed by atoms with E-state index in [1.807, 2.05) is 42.6 Å². The van der Waals surface area contributed by atoms with Crippen molar-refractivity contribution in [3.05, 3.63) is 47.9 Å². The van der Waals surface area contributed by atoms with Gasteiger partial charge in [-0.3, -0.25) is 9.79 Å². The quantitative estimate of drug-likeness (QED) is 0.583. The van der Waals surface area contributed by atoms with Gasteiger partial charge in [-0.15, -0.1) is 0 Å². The first-order valence-corrected chi connectivity index (χ1v) is 8.75. The number of H-pyrrole nitrogens is 2. The zero-order valence-electron chi connectivity index (χ0n) is 14.8. The van der Waals surface area contributed by atoms with Crippen molar-refractivity contribution < 1.29 is 14.6 Å². The molecule has 0 saturated carbocycles. The van der Waals surface area contributed by atoms with Crippen molar-refractivity contribution in [1.82, 2.24) is 9.97 Å². The Hall–Kier alpha value is -3.02. The van der Waals surface area contributed by atoms with Crippen LogP contribution in [-0.2, 0) is 4.79 Å². The molecule has 26 heavy (non-hydrogen) atoms. The zero-order valence-corrected chi connectivity index (χ0v) is 14.8. The fourth-order valence-corrected chi connectivity index (χ4v) is 2.92. The molecule has 0 fully saturated rings. The summed E-state index contributed by atoms with van der Waals surface area (Å²) in [5.41, 5.74) is 4.75. The number of aliphatic carboxylic acids is 1. The molecule has 136 valence electrons. The monoisotopic (exact) mass is 353 g/mol. The Labute approximate surface area is 152 Å². The summed E-state index contributed by atoms with van der Waals surface area (Å²) in [6.45, 7) is 0. The van der Waals surface area contributed by atoms with E-state index in [0.29, 0.717) is 0 Å². The van der Waals surface area contributed by atoms with Gasteiger partial charge in [-0.2, -0.15) is 0 Å². The second kappa shape index (κ2) is 8.38. The number of carbonyl (C=O) groups is 1. The average molecular weight is 353 g/mol. The summed E-state index contributed by atoms with van der Waals surface area (Å²) < 4.78 is 5.46. The van der Waals surface area contributed by atoms with Crippen molar-refractivity contribution in [1.29, 1.82) is 0 Å². The van der Waals surface area contributed by atoms with E-state index in [1.165, 1.54) is 0 Å². The number of aromatic nitrogens is 2. The Balaban J connectivity index is 1.63. The van der Waals surface area contributed by atoms with Crippen LogP contribution in [0.15, 0.2) is 47.2 Å². The Morgan fingerprint density at radius 3 is 2.88 bits per heavy atom. The molecule has 1 aliphatic rings. The van der Waals surface area contributed by atoms with E-state index in [-0.39, 0.29) is 6.42 Å². The van der Waals surface area contributed by atoms with Crippen molar-refractivity contribution in [2.45, 2.75) is 32.1 Å². The largest absolute Gasteiger partial charge is 0.494 e. The molecule has 0 saturated heterocycles. The molecule has 6 nitrogen and oxygen atoms in total. The molecule has 1 aliphatic heterocycles. The maximum Gasteiger partial charge on any atom is 0.303 e. The zero-order chi connectivity index (χ0) is 18.4. The average Bonchev–Trinajstić information content (AvgIpc) is 3.35. The number of aliphatic imine (C=N–C) groups is 1. The van der Waals surface area contributed by atoms with Gasteiger partial charge in [-0.25, -0.2) is 0 Å². The Kier molecular flexibility index (Phi) is 5.73. The predicted octanol–water partition coefficient (Wildman–Crippen LogP) is 4.41. The lowest BCUT2D eigenvalue weighted by atomic mass is 10.1. The minimum Gasteiger partial charge on any atom is -0.494 e. The van der Waals surface area contributed by atoms with E-state index in [2.05, 4.69) is 15.0 Å². The van der Waals surface area contributed by atoms with Crippen molar-refractivity contribution in [3.8, 4) is 17.1 Å². The normalized spacial score (nSPS) is 14.8. The van der Waals surface area contributed by atoms with Crippen LogP contribution >= 0.6 is 0 Å². The molecule has 0 aromatic carbocycles. The minimum atomic E-state index is -0.730. The smallest absolute Gasteiger partial charge is 0.303 e. The van der Waals surface area contributed by atoms with Crippen molar-refractivity contribution in [2.24, 2.45) is 4.99 Å². The molecule has 0 amide bonds. The molecule has 0 bridgehead atoms. The Morgan fingerprint density at radius 2 is 2.15 bits per heavy atom. The minimum absolute atomic E-state index is 0.239. The molecule has 0 atom stereocenters. The molecule has 0 radical (unpaired) electrons. The molecule has 0 unspecified atom stereocenters. The maximum absolute atomic E-state index is 10.5. The van der Waals surface area contributed by atoms with Gasteiger partial charge in [0.25, 0.3) is 0 Å². The summed E-state index contributed by atoms with van der Waals surface area (Å²) in [6, 6.07) is 5.91. The van der Waals surface area contributed by atoms with Crippen molar-refractivity contribution >= 4 is 17.8 Å². The van der Waals surface area contributed by atoms with Crippen LogP contribution in [0.2, 0.25) is 0 Å². The van der Waals surface area contributed by atoms with E-state index >= 15 is 0 Å². The van der Waals surface area contributed by atoms with Gasteiger partial charge >= 0.3 is 5.97 Å². The summed E-state index contributed by atoms with van der Waals surface area (Å²) in [7, 11) is 1.65. The third-order valence-corrected chi connectivity index (χ3v) is 4.25. The second-order valence-corrected chi connectivity index (χ2v) is 6.21. The van der Waals surface area contributed by atoms with Crippen molar-refractivity contribution in [2.75, 3.05) is 7.11 Å². The molecule has 2 aromatic rings. The van der Waals surface area contributed by atoms with Gasteiger partial charge in [0.1, 0.15) is 5.75 Å². The van der Waals surface area contributed by atoms with E-state index < -0.39 is 5.97 Å². The maximum atomic E-state index is 10.5. The fraction of sp³-hybridized carbons (Fsp3) is 0.300. The number of nitrogens with one attached hydrogen (secondary N) is 2. The number of carboxylic acids is 1. The van der Waals surface area contributed by atoms with Gasteiger partial charge in [0.05, 0.1) is 29.9 Å². The summed E-state index contributed by atoms with van der Waals surface area (Å²) in [4.78, 5) is 21.7. The Morgan fingerprint density at radius 1 is 1.27 bits per heavy atom. The van der Waals surface area contributed by atoms with Gasteiger partial charge in [0.2, 0.25) is 0 Å². The summed E-state index contributed by atoms with van der Waals surface area (Å²) >= 11 is 0. The molecule has 6 heteroatoms. The van der Waals surface area contributed by atoms with E-state index in [0.717, 1.165) is 59.9 Å². The van der Waals surface area contributed by atoms with Crippen molar-refractivity contribution in [3.63, 3.8) is 0 Å². The first kappa shape index (κ1) is 17.8. The van der Waals surface area contributed by atoms with Crippen LogP contribution in [0.1, 0.15) is 37.8 Å². The van der Waals surface area contributed by atoms with Crippen LogP contribution in [0.4, 0.5) is 0 Å². The molecule has 3 heterocycles. The molecular formula is C20H23N3O3. The number of ether oxygens (including phenoxy) is 1. The fourth-order valence-electron chi connectivity index (χ4n) is 2.92. The van der Waals surface area contributed by atoms with Crippen LogP contribution in [-0.4, -0.2) is 33.9 Å². The number of hydrogen-bond acceptors (Lipinski definition) is 3. The number of unbranched alkanes of at least 4 members (excludes halogenated alkanes) is 2. The third kappa shape index (κ3) is 4.53. The Bertz CT molecular complexity index is 842. The first-order chi connectivity index (χ1) is 12.7. The van der Waals surface area contributed by atoms with Gasteiger partial charge < -0.3 is 19.8 Å². The predicted molar refractivity (Wildman–Crippen MR) is 102 cm³/mol. The molecular weight excluding hydrogens is 330 g/mol. The van der Waals surface area contributed by atoms with Gasteiger partial charge in [-0.05, 0) is 49.6 Å². The number of hydrogen-bond donors (Lipinski definition) is 3. The van der Waals surface area contributed by atoms with E-state index in [1.54, 1.807) is 7.11 Å². The lowest BCUT2D eigenvalue weighted by Crippen LogP contribution is -1.95.